The molecular weight excluding hydrogens is 1030 g/mol. The van der Waals surface area contributed by atoms with Gasteiger partial charge in [-0.2, -0.15) is 0 Å². The van der Waals surface area contributed by atoms with Crippen LogP contribution in [0.3, 0.4) is 0 Å². The molecule has 3 N–H and O–H groups in total. The highest BCUT2D eigenvalue weighted by atomic mass is 31.2. The van der Waals surface area contributed by atoms with Gasteiger partial charge in [0.25, 0.3) is 0 Å². The second kappa shape index (κ2) is 66.6. The van der Waals surface area contributed by atoms with E-state index in [-0.39, 0.29) is 38.6 Å². The molecule has 0 saturated carbocycles. The van der Waals surface area contributed by atoms with Crippen molar-refractivity contribution in [1.29, 1.82) is 0 Å². The van der Waals surface area contributed by atoms with E-state index in [1.807, 2.05) is 0 Å². The van der Waals surface area contributed by atoms with Crippen molar-refractivity contribution in [1.82, 2.24) is 0 Å². The molecule has 2 atom stereocenters. The van der Waals surface area contributed by atoms with Crippen LogP contribution in [-0.4, -0.2) is 49.3 Å². The third-order valence-corrected chi connectivity index (χ3v) is 16.1. The van der Waals surface area contributed by atoms with Gasteiger partial charge >= 0.3 is 19.8 Å². The molecule has 0 spiro atoms. The Morgan fingerprint density at radius 3 is 1.02 bits per heavy atom. The number of hydrogen-bond acceptors (Lipinski definition) is 8. The summed E-state index contributed by atoms with van der Waals surface area (Å²) in [6.45, 7) is 3.68. The van der Waals surface area contributed by atoms with E-state index in [9.17, 15) is 19.0 Å². The van der Waals surface area contributed by atoms with E-state index >= 15 is 0 Å². The van der Waals surface area contributed by atoms with Gasteiger partial charge in [0.1, 0.15) is 6.61 Å². The predicted molar refractivity (Wildman–Crippen MR) is 349 cm³/mol. The number of allylic oxidation sites excluding steroid dienone is 12. The third kappa shape index (κ3) is 66.5. The second-order valence-corrected chi connectivity index (χ2v) is 24.5. The highest BCUT2D eigenvalue weighted by molar-refractivity contribution is 7.47. The third-order valence-electron chi connectivity index (χ3n) is 15.1. The van der Waals surface area contributed by atoms with E-state index in [1.165, 1.54) is 231 Å². The molecule has 0 fully saturated rings. The van der Waals surface area contributed by atoms with Gasteiger partial charge in [-0.25, -0.2) is 4.57 Å². The number of rotatable bonds is 65. The molecule has 0 aliphatic carbocycles. The fraction of sp³-hybridized carbons (Fsp3) is 0.803. The van der Waals surface area contributed by atoms with Crippen LogP contribution in [0.15, 0.2) is 72.9 Å². The molecule has 2 unspecified atom stereocenters. The van der Waals surface area contributed by atoms with Crippen LogP contribution in [0.4, 0.5) is 0 Å². The fourth-order valence-corrected chi connectivity index (χ4v) is 10.8. The number of ether oxygens (including phenoxy) is 2. The highest BCUT2D eigenvalue weighted by Crippen LogP contribution is 2.43. The normalized spacial score (nSPS) is 13.4. The molecule has 0 aliphatic rings. The first-order valence-electron chi connectivity index (χ1n) is 34.4. The summed E-state index contributed by atoms with van der Waals surface area (Å²) in [6.07, 6.45) is 87.1. The Bertz CT molecular complexity index is 1560. The van der Waals surface area contributed by atoms with Crippen molar-refractivity contribution in [3.05, 3.63) is 72.9 Å². The maximum absolute atomic E-state index is 12.8. The van der Waals surface area contributed by atoms with Crippen molar-refractivity contribution in [3.63, 3.8) is 0 Å². The Balaban J connectivity index is 3.86. The number of unbranched alkanes of at least 4 members (excludes halogenated alkanes) is 40. The lowest BCUT2D eigenvalue weighted by Gasteiger charge is -2.19. The van der Waals surface area contributed by atoms with Gasteiger partial charge in [0.05, 0.1) is 13.2 Å². The van der Waals surface area contributed by atoms with E-state index in [2.05, 4.69) is 86.8 Å². The van der Waals surface area contributed by atoms with Crippen LogP contribution >= 0.6 is 7.82 Å². The largest absolute Gasteiger partial charge is 0.472 e. The van der Waals surface area contributed by atoms with Crippen LogP contribution in [0.2, 0.25) is 0 Å². The monoisotopic (exact) mass is 1160 g/mol. The Labute approximate surface area is 501 Å². The number of esters is 2. The van der Waals surface area contributed by atoms with Crippen LogP contribution in [0.5, 0.6) is 0 Å². The Kier molecular flexibility index (Phi) is 64.5. The molecule has 0 radical (unpaired) electrons. The molecule has 0 aliphatic heterocycles. The minimum atomic E-state index is -4.39. The number of nitrogens with two attached hydrogens (primary N) is 1. The summed E-state index contributed by atoms with van der Waals surface area (Å²) in [4.78, 5) is 35.4. The number of phosphoric ester groups is 1. The zero-order valence-corrected chi connectivity index (χ0v) is 53.9. The SMILES string of the molecule is CC/C=C\C/C=C\C/C=C\C/C=C\C/C=C\CCCCCCCCCCCCCCCCCC(=O)OC(COC(=O)CCCCCCCCCCCCCCCCCCC/C=C\CCCCCCCCCC)COP(=O)(O)OCCN. The average molecular weight is 1160 g/mol. The Morgan fingerprint density at radius 2 is 0.679 bits per heavy atom. The van der Waals surface area contributed by atoms with Gasteiger partial charge in [0.15, 0.2) is 6.10 Å². The molecule has 0 aromatic carbocycles. The first kappa shape index (κ1) is 78.5. The van der Waals surface area contributed by atoms with Crippen molar-refractivity contribution in [3.8, 4) is 0 Å². The maximum Gasteiger partial charge on any atom is 0.472 e. The fourth-order valence-electron chi connectivity index (χ4n) is 10.0. The first-order valence-corrected chi connectivity index (χ1v) is 35.9. The molecule has 0 saturated heterocycles. The Hall–Kier alpha value is -2.55. The lowest BCUT2D eigenvalue weighted by Crippen LogP contribution is -2.29. The molecule has 0 heterocycles. The summed E-state index contributed by atoms with van der Waals surface area (Å²) in [5.41, 5.74) is 5.40. The average Bonchev–Trinajstić information content (AvgIpc) is 3.46. The van der Waals surface area contributed by atoms with Crippen molar-refractivity contribution < 1.29 is 37.6 Å². The van der Waals surface area contributed by atoms with Gasteiger partial charge in [-0.15, -0.1) is 0 Å². The van der Waals surface area contributed by atoms with Crippen molar-refractivity contribution in [2.24, 2.45) is 5.73 Å². The van der Waals surface area contributed by atoms with Crippen LogP contribution in [0.1, 0.15) is 335 Å². The van der Waals surface area contributed by atoms with E-state index in [0.717, 1.165) is 70.6 Å². The summed E-state index contributed by atoms with van der Waals surface area (Å²) in [7, 11) is -4.39. The molecule has 81 heavy (non-hydrogen) atoms. The van der Waals surface area contributed by atoms with Crippen molar-refractivity contribution >= 4 is 19.8 Å². The van der Waals surface area contributed by atoms with Crippen LogP contribution in [0.25, 0.3) is 0 Å². The lowest BCUT2D eigenvalue weighted by atomic mass is 10.0. The summed E-state index contributed by atoms with van der Waals surface area (Å²) in [5.74, 6) is -0.814. The van der Waals surface area contributed by atoms with E-state index in [1.54, 1.807) is 0 Å². The summed E-state index contributed by atoms with van der Waals surface area (Å²) in [6, 6.07) is 0. The number of hydrogen-bond donors (Lipinski definition) is 2. The first-order chi connectivity index (χ1) is 39.8. The maximum atomic E-state index is 12.8. The van der Waals surface area contributed by atoms with Gasteiger partial charge in [0, 0.05) is 19.4 Å². The molecule has 9 nitrogen and oxygen atoms in total. The van der Waals surface area contributed by atoms with E-state index in [0.29, 0.717) is 6.42 Å². The smallest absolute Gasteiger partial charge is 0.462 e. The van der Waals surface area contributed by atoms with Gasteiger partial charge < -0.3 is 20.1 Å². The number of carbonyl (C=O) groups is 2. The topological polar surface area (TPSA) is 134 Å². The van der Waals surface area contributed by atoms with E-state index in [4.69, 9.17) is 24.3 Å². The van der Waals surface area contributed by atoms with Crippen LogP contribution in [0, 0.1) is 0 Å². The quantitative estimate of drug-likeness (QED) is 0.0264. The predicted octanol–water partition coefficient (Wildman–Crippen LogP) is 22.4. The van der Waals surface area contributed by atoms with Crippen LogP contribution < -0.4 is 5.73 Å². The number of phosphoric acid groups is 1. The summed E-state index contributed by atoms with van der Waals surface area (Å²) >= 11 is 0. The second-order valence-electron chi connectivity index (χ2n) is 23.0. The van der Waals surface area contributed by atoms with Crippen LogP contribution in [-0.2, 0) is 32.7 Å². The molecule has 472 valence electrons. The molecule has 10 heteroatoms. The van der Waals surface area contributed by atoms with Crippen molar-refractivity contribution in [2.45, 2.75) is 341 Å². The van der Waals surface area contributed by atoms with Gasteiger partial charge in [0.2, 0.25) is 0 Å². The summed E-state index contributed by atoms with van der Waals surface area (Å²) < 4.78 is 33.2. The zero-order chi connectivity index (χ0) is 58.7. The lowest BCUT2D eigenvalue weighted by molar-refractivity contribution is -0.161. The van der Waals surface area contributed by atoms with Gasteiger partial charge in [-0.05, 0) is 83.5 Å². The standard InChI is InChI=1S/C71H130NO8P/c1-3-5-7-9-11-13-15-17-19-21-23-25-27-29-31-33-34-36-38-40-42-44-46-48-50-52-54-56-58-60-62-64-71(74)80-69(68-79-81(75,76)78-66-65-72)67-77-70(73)63-61-59-57-55-53-51-49-47-45-43-41-39-37-35-32-30-28-26-24-22-20-18-16-14-12-10-8-6-4-2/h5,7,11,13,17,19,22-25,29,31,69H,3-4,6,8-10,12,14-16,18,20-21,26-28,30,32-68,72H2,1-2H3,(H,75,76)/b7-5-,13-11-,19-17-,24-22-,25-23-,31-29-. The zero-order valence-electron chi connectivity index (χ0n) is 53.0. The molecular formula is C71H130NO8P. The van der Waals surface area contributed by atoms with Gasteiger partial charge in [-0.1, -0.05) is 311 Å². The molecule has 0 aromatic heterocycles. The molecule has 0 aromatic rings. The minimum absolute atomic E-state index is 0.0531. The molecule has 0 rings (SSSR count). The highest BCUT2D eigenvalue weighted by Gasteiger charge is 2.26. The molecule has 0 amide bonds. The Morgan fingerprint density at radius 1 is 0.383 bits per heavy atom. The van der Waals surface area contributed by atoms with Gasteiger partial charge in [-0.3, -0.25) is 18.6 Å². The summed E-state index contributed by atoms with van der Waals surface area (Å²) in [5, 5.41) is 0. The molecule has 0 bridgehead atoms. The minimum Gasteiger partial charge on any atom is -0.462 e. The van der Waals surface area contributed by atoms with E-state index < -0.39 is 26.5 Å². The van der Waals surface area contributed by atoms with Crippen molar-refractivity contribution in [2.75, 3.05) is 26.4 Å². The number of carbonyl (C=O) groups excluding carboxylic acids is 2.